The molecule has 1 heterocycles. The molecule has 1 aromatic rings. The highest BCUT2D eigenvalue weighted by molar-refractivity contribution is 14.0. The molecule has 4 nitrogen and oxygen atoms in total. The number of nitrogens with zero attached hydrogens (tertiary/aromatic N) is 2. The van der Waals surface area contributed by atoms with Crippen LogP contribution in [0.5, 0.6) is 0 Å². The fourth-order valence-electron chi connectivity index (χ4n) is 2.88. The van der Waals surface area contributed by atoms with E-state index in [0.29, 0.717) is 29.6 Å². The molecule has 1 unspecified atom stereocenters. The van der Waals surface area contributed by atoms with Gasteiger partial charge in [0.05, 0.1) is 6.04 Å². The molecule has 7 heteroatoms. The second-order valence-electron chi connectivity index (χ2n) is 5.52. The number of benzene rings is 1. The maximum absolute atomic E-state index is 14.4. The third-order valence-electron chi connectivity index (χ3n) is 4.01. The fourth-order valence-corrected chi connectivity index (χ4v) is 3.17. The highest BCUT2D eigenvalue weighted by Gasteiger charge is 2.27. The van der Waals surface area contributed by atoms with Gasteiger partial charge in [-0.05, 0) is 38.1 Å². The van der Waals surface area contributed by atoms with Crippen molar-refractivity contribution >= 4 is 41.5 Å². The number of likely N-dealkylation sites (tertiary alicyclic amines) is 1. The summed E-state index contributed by atoms with van der Waals surface area (Å²) in [4.78, 5) is 6.44. The molecule has 0 saturated carbocycles. The quantitative estimate of drug-likeness (QED) is 0.291. The summed E-state index contributed by atoms with van der Waals surface area (Å²) in [7, 11) is 1.71. The van der Waals surface area contributed by atoms with Crippen LogP contribution in [-0.2, 0) is 0 Å². The third kappa shape index (κ3) is 5.60. The largest absolute Gasteiger partial charge is 0.354 e. The lowest BCUT2D eigenvalue weighted by atomic mass is 10.0. The zero-order chi connectivity index (χ0) is 16.7. The minimum atomic E-state index is -0.259. The Labute approximate surface area is 165 Å². The van der Waals surface area contributed by atoms with Gasteiger partial charge in [0.15, 0.2) is 5.96 Å². The minimum absolute atomic E-state index is 0. The summed E-state index contributed by atoms with van der Waals surface area (Å²) in [5.41, 5.74) is 0.558. The monoisotopic (exact) mass is 466 g/mol. The van der Waals surface area contributed by atoms with Crippen LogP contribution >= 0.6 is 35.6 Å². The molecule has 134 valence electrons. The van der Waals surface area contributed by atoms with E-state index in [2.05, 4.69) is 27.1 Å². The average molecular weight is 467 g/mol. The average Bonchev–Trinajstić information content (AvgIpc) is 3.07. The smallest absolute Gasteiger partial charge is 0.191 e. The fraction of sp³-hybridized carbons (Fsp3) is 0.471. The second kappa shape index (κ2) is 10.9. The van der Waals surface area contributed by atoms with Crippen molar-refractivity contribution in [3.8, 4) is 0 Å². The first-order valence-corrected chi connectivity index (χ1v) is 8.28. The highest BCUT2D eigenvalue weighted by atomic mass is 127. The Bertz CT molecular complexity index is 541. The molecule has 1 fully saturated rings. The Balaban J connectivity index is 0.00000288. The summed E-state index contributed by atoms with van der Waals surface area (Å²) < 4.78 is 14.4. The normalized spacial score (nSPS) is 16.4. The zero-order valence-corrected chi connectivity index (χ0v) is 17.0. The van der Waals surface area contributed by atoms with Gasteiger partial charge in [-0.15, -0.1) is 30.6 Å². The summed E-state index contributed by atoms with van der Waals surface area (Å²) in [5, 5.41) is 6.85. The lowest BCUT2D eigenvalue weighted by molar-refractivity contribution is 0.240. The molecule has 0 spiro atoms. The van der Waals surface area contributed by atoms with Crippen molar-refractivity contribution in [3.63, 3.8) is 0 Å². The van der Waals surface area contributed by atoms with Gasteiger partial charge in [-0.1, -0.05) is 23.7 Å². The second-order valence-corrected chi connectivity index (χ2v) is 5.92. The molecule has 0 bridgehead atoms. The van der Waals surface area contributed by atoms with E-state index in [-0.39, 0.29) is 35.8 Å². The maximum atomic E-state index is 14.4. The first-order chi connectivity index (χ1) is 11.2. The lowest BCUT2D eigenvalue weighted by Crippen LogP contribution is -2.43. The Morgan fingerprint density at radius 1 is 1.42 bits per heavy atom. The van der Waals surface area contributed by atoms with E-state index in [1.165, 1.54) is 6.07 Å². The van der Waals surface area contributed by atoms with Crippen molar-refractivity contribution in [3.05, 3.63) is 47.3 Å². The molecule has 1 aliphatic heterocycles. The number of aliphatic imine (C=N–C) groups is 1. The van der Waals surface area contributed by atoms with E-state index in [0.717, 1.165) is 25.9 Å². The number of hydrogen-bond donors (Lipinski definition) is 2. The lowest BCUT2D eigenvalue weighted by Gasteiger charge is -2.29. The molecule has 1 saturated heterocycles. The van der Waals surface area contributed by atoms with Gasteiger partial charge in [0.25, 0.3) is 0 Å². The topological polar surface area (TPSA) is 39.7 Å². The van der Waals surface area contributed by atoms with Crippen LogP contribution in [-0.4, -0.2) is 44.1 Å². The zero-order valence-electron chi connectivity index (χ0n) is 13.9. The number of nitrogens with one attached hydrogen (secondary N) is 2. The molecule has 0 aromatic heterocycles. The van der Waals surface area contributed by atoms with Gasteiger partial charge in [-0.25, -0.2) is 4.39 Å². The third-order valence-corrected chi connectivity index (χ3v) is 4.34. The van der Waals surface area contributed by atoms with Gasteiger partial charge in [-0.3, -0.25) is 9.89 Å². The van der Waals surface area contributed by atoms with Gasteiger partial charge in [0, 0.05) is 30.7 Å². The molecule has 0 radical (unpaired) electrons. The summed E-state index contributed by atoms with van der Waals surface area (Å²) in [6.45, 7) is 6.74. The van der Waals surface area contributed by atoms with Crippen LogP contribution in [0.2, 0.25) is 5.02 Å². The van der Waals surface area contributed by atoms with Crippen LogP contribution < -0.4 is 10.6 Å². The molecule has 24 heavy (non-hydrogen) atoms. The molecule has 1 atom stereocenters. The van der Waals surface area contributed by atoms with Crippen LogP contribution in [0.25, 0.3) is 0 Å². The van der Waals surface area contributed by atoms with E-state index in [1.807, 2.05) is 0 Å². The van der Waals surface area contributed by atoms with E-state index < -0.39 is 0 Å². The van der Waals surface area contributed by atoms with Crippen LogP contribution in [0.1, 0.15) is 24.4 Å². The van der Waals surface area contributed by atoms with E-state index >= 15 is 0 Å². The Morgan fingerprint density at radius 2 is 2.12 bits per heavy atom. The van der Waals surface area contributed by atoms with Crippen LogP contribution in [0, 0.1) is 5.82 Å². The van der Waals surface area contributed by atoms with Gasteiger partial charge < -0.3 is 10.6 Å². The predicted molar refractivity (Wildman–Crippen MR) is 110 cm³/mol. The predicted octanol–water partition coefficient (Wildman–Crippen LogP) is 3.59. The maximum Gasteiger partial charge on any atom is 0.191 e. The van der Waals surface area contributed by atoms with Crippen LogP contribution in [0.4, 0.5) is 4.39 Å². The Hall–Kier alpha value is -0.860. The van der Waals surface area contributed by atoms with Crippen molar-refractivity contribution < 1.29 is 4.39 Å². The molecular formula is C17H25ClFIN4. The van der Waals surface area contributed by atoms with Crippen molar-refractivity contribution in [1.82, 2.24) is 15.5 Å². The summed E-state index contributed by atoms with van der Waals surface area (Å²) in [6, 6.07) is 4.73. The first kappa shape index (κ1) is 21.2. The van der Waals surface area contributed by atoms with Crippen molar-refractivity contribution in [1.29, 1.82) is 0 Å². The molecule has 2 N–H and O–H groups in total. The number of hydrogen-bond acceptors (Lipinski definition) is 2. The van der Waals surface area contributed by atoms with Gasteiger partial charge in [-0.2, -0.15) is 0 Å². The van der Waals surface area contributed by atoms with Gasteiger partial charge in [0.2, 0.25) is 0 Å². The summed E-state index contributed by atoms with van der Waals surface area (Å²) >= 11 is 6.28. The van der Waals surface area contributed by atoms with Crippen molar-refractivity contribution in [2.24, 2.45) is 4.99 Å². The highest BCUT2D eigenvalue weighted by Crippen LogP contribution is 2.31. The van der Waals surface area contributed by atoms with Crippen LogP contribution in [0.15, 0.2) is 35.8 Å². The minimum Gasteiger partial charge on any atom is -0.354 e. The molecular weight excluding hydrogens is 442 g/mol. The summed E-state index contributed by atoms with van der Waals surface area (Å²) in [5.74, 6) is 0.409. The number of guanidine groups is 1. The van der Waals surface area contributed by atoms with Crippen LogP contribution in [0.3, 0.4) is 0 Å². The number of halogens is 3. The SMILES string of the molecule is C=CCNC(=NC)NCC(c1c(F)cccc1Cl)N1CCCC1.I. The first-order valence-electron chi connectivity index (χ1n) is 7.90. The molecule has 1 aromatic carbocycles. The standard InChI is InChI=1S/C17H24ClFN4.HI/c1-3-9-21-17(20-2)22-12-15(23-10-4-5-11-23)16-13(18)7-6-8-14(16)19;/h3,6-8,15H,1,4-5,9-12H2,2H3,(H2,20,21,22);1H. The van der Waals surface area contributed by atoms with E-state index in [4.69, 9.17) is 11.6 Å². The summed E-state index contributed by atoms with van der Waals surface area (Å²) in [6.07, 6.45) is 4.02. The van der Waals surface area contributed by atoms with Crippen molar-refractivity contribution in [2.75, 3.05) is 33.2 Å². The number of rotatable bonds is 6. The molecule has 0 aliphatic carbocycles. The van der Waals surface area contributed by atoms with E-state index in [9.17, 15) is 4.39 Å². The molecule has 0 amide bonds. The Morgan fingerprint density at radius 3 is 2.71 bits per heavy atom. The van der Waals surface area contributed by atoms with E-state index in [1.54, 1.807) is 25.3 Å². The Kier molecular flexibility index (Phi) is 9.61. The van der Waals surface area contributed by atoms with Gasteiger partial charge >= 0.3 is 0 Å². The van der Waals surface area contributed by atoms with Gasteiger partial charge in [0.1, 0.15) is 5.82 Å². The van der Waals surface area contributed by atoms with Crippen molar-refractivity contribution in [2.45, 2.75) is 18.9 Å². The molecule has 1 aliphatic rings. The molecule has 2 rings (SSSR count).